The summed E-state index contributed by atoms with van der Waals surface area (Å²) < 4.78 is 25.9. The highest BCUT2D eigenvalue weighted by Crippen LogP contribution is 2.55. The van der Waals surface area contributed by atoms with Crippen LogP contribution in [0.4, 0.5) is 8.78 Å². The zero-order chi connectivity index (χ0) is 8.77. The van der Waals surface area contributed by atoms with Gasteiger partial charge < -0.3 is 0 Å². The van der Waals surface area contributed by atoms with Crippen molar-refractivity contribution in [3.63, 3.8) is 0 Å². The summed E-state index contributed by atoms with van der Waals surface area (Å²) in [6.45, 7) is 0. The number of nitrogens with zero attached hydrogens (tertiary/aromatic N) is 1. The van der Waals surface area contributed by atoms with E-state index < -0.39 is 11.8 Å². The Labute approximate surface area is 76.9 Å². The summed E-state index contributed by atoms with van der Waals surface area (Å²) in [7, 11) is 0. The third kappa shape index (κ3) is 1.35. The first-order valence-electron chi connectivity index (χ1n) is 3.58. The van der Waals surface area contributed by atoms with Gasteiger partial charge in [0.15, 0.2) is 0 Å². The van der Waals surface area contributed by atoms with Gasteiger partial charge in [0.05, 0.1) is 5.92 Å². The fraction of sp³-hybridized carbons (Fsp3) is 0.375. The summed E-state index contributed by atoms with van der Waals surface area (Å²) in [4.78, 5) is 3.83. The minimum atomic E-state index is -2.50. The minimum absolute atomic E-state index is 0.0366. The van der Waals surface area contributed by atoms with Crippen LogP contribution in [0, 0.1) is 0 Å². The second-order valence-electron chi connectivity index (χ2n) is 2.95. The van der Waals surface area contributed by atoms with E-state index in [1.165, 1.54) is 6.20 Å². The second-order valence-corrected chi connectivity index (χ2v) is 3.87. The van der Waals surface area contributed by atoms with Crippen LogP contribution in [0.15, 0.2) is 22.9 Å². The van der Waals surface area contributed by atoms with E-state index in [4.69, 9.17) is 0 Å². The Morgan fingerprint density at radius 1 is 1.50 bits per heavy atom. The van der Waals surface area contributed by atoms with E-state index >= 15 is 0 Å². The summed E-state index contributed by atoms with van der Waals surface area (Å²) in [6.07, 6.45) is 3.05. The molecule has 1 aliphatic rings. The molecule has 0 saturated heterocycles. The maximum absolute atomic E-state index is 12.6. The molecule has 1 aliphatic carbocycles. The molecule has 1 nitrogen and oxygen atoms in total. The number of hydrogen-bond donors (Lipinski definition) is 0. The van der Waals surface area contributed by atoms with E-state index in [1.54, 1.807) is 12.3 Å². The minimum Gasteiger partial charge on any atom is -0.263 e. The van der Waals surface area contributed by atoms with E-state index in [9.17, 15) is 8.78 Å². The first kappa shape index (κ1) is 8.10. The standard InChI is InChI=1S/C8H6BrF2N/c9-6-1-5(3-12-4-6)7-2-8(7,10)11/h1,3-4,7H,2H2. The van der Waals surface area contributed by atoms with Crippen LogP contribution in [0.5, 0.6) is 0 Å². The molecule has 2 rings (SSSR count). The smallest absolute Gasteiger partial charge is 0.255 e. The average Bonchev–Trinajstić information content (AvgIpc) is 2.60. The van der Waals surface area contributed by atoms with Gasteiger partial charge in [0.25, 0.3) is 5.92 Å². The molecule has 4 heteroatoms. The fourth-order valence-corrected chi connectivity index (χ4v) is 1.58. The Hall–Kier alpha value is -0.510. The molecule has 64 valence electrons. The van der Waals surface area contributed by atoms with Crippen molar-refractivity contribution < 1.29 is 8.78 Å². The molecule has 0 spiro atoms. The van der Waals surface area contributed by atoms with Crippen molar-refractivity contribution in [1.82, 2.24) is 4.98 Å². The molecule has 0 bridgehead atoms. The molecular weight excluding hydrogens is 228 g/mol. The fourth-order valence-electron chi connectivity index (χ4n) is 1.19. The van der Waals surface area contributed by atoms with Crippen LogP contribution in [0.3, 0.4) is 0 Å². The Bertz CT molecular complexity index is 314. The first-order valence-corrected chi connectivity index (χ1v) is 4.37. The van der Waals surface area contributed by atoms with Crippen molar-refractivity contribution in [2.45, 2.75) is 18.3 Å². The predicted molar refractivity (Wildman–Crippen MR) is 44.2 cm³/mol. The van der Waals surface area contributed by atoms with Gasteiger partial charge in [0.1, 0.15) is 0 Å². The number of hydrogen-bond acceptors (Lipinski definition) is 1. The molecular formula is C8H6BrF2N. The summed E-state index contributed by atoms with van der Waals surface area (Å²) in [5, 5.41) is 0. The lowest BCUT2D eigenvalue weighted by Crippen LogP contribution is -1.93. The predicted octanol–water partition coefficient (Wildman–Crippen LogP) is 2.97. The molecule has 1 saturated carbocycles. The SMILES string of the molecule is FC1(F)CC1c1cncc(Br)c1. The largest absolute Gasteiger partial charge is 0.263 e. The van der Waals surface area contributed by atoms with Gasteiger partial charge in [-0.3, -0.25) is 4.98 Å². The molecule has 12 heavy (non-hydrogen) atoms. The quantitative estimate of drug-likeness (QED) is 0.727. The summed E-state index contributed by atoms with van der Waals surface area (Å²) >= 11 is 3.19. The summed E-state index contributed by atoms with van der Waals surface area (Å²) in [5.74, 6) is -3.11. The molecule has 1 atom stereocenters. The molecule has 0 aromatic carbocycles. The van der Waals surface area contributed by atoms with E-state index in [-0.39, 0.29) is 6.42 Å². The monoisotopic (exact) mass is 233 g/mol. The van der Waals surface area contributed by atoms with Gasteiger partial charge >= 0.3 is 0 Å². The van der Waals surface area contributed by atoms with Gasteiger partial charge in [-0.05, 0) is 27.6 Å². The highest BCUT2D eigenvalue weighted by Gasteiger charge is 2.57. The first-order chi connectivity index (χ1) is 5.59. The highest BCUT2D eigenvalue weighted by atomic mass is 79.9. The summed E-state index contributed by atoms with van der Waals surface area (Å²) in [6, 6.07) is 1.69. The number of aromatic nitrogens is 1. The van der Waals surface area contributed by atoms with Crippen LogP contribution in [0.25, 0.3) is 0 Å². The average molecular weight is 234 g/mol. The Kier molecular flexibility index (Phi) is 1.68. The lowest BCUT2D eigenvalue weighted by atomic mass is 10.2. The van der Waals surface area contributed by atoms with Crippen molar-refractivity contribution in [2.75, 3.05) is 0 Å². The van der Waals surface area contributed by atoms with Crippen LogP contribution in [0.2, 0.25) is 0 Å². The molecule has 1 unspecified atom stereocenters. The highest BCUT2D eigenvalue weighted by molar-refractivity contribution is 9.10. The van der Waals surface area contributed by atoms with Gasteiger partial charge in [-0.1, -0.05) is 0 Å². The van der Waals surface area contributed by atoms with Gasteiger partial charge in [-0.25, -0.2) is 8.78 Å². The Morgan fingerprint density at radius 2 is 2.17 bits per heavy atom. The normalized spacial score (nSPS) is 25.4. The number of rotatable bonds is 1. The van der Waals surface area contributed by atoms with Gasteiger partial charge in [-0.15, -0.1) is 0 Å². The molecule has 0 radical (unpaired) electrons. The second kappa shape index (κ2) is 2.49. The van der Waals surface area contributed by atoms with Crippen molar-refractivity contribution in [3.05, 3.63) is 28.5 Å². The van der Waals surface area contributed by atoms with Crippen LogP contribution in [-0.4, -0.2) is 10.9 Å². The molecule has 1 heterocycles. The maximum atomic E-state index is 12.6. The number of alkyl halides is 2. The van der Waals surface area contributed by atoms with E-state index in [0.717, 1.165) is 4.47 Å². The van der Waals surface area contributed by atoms with Crippen molar-refractivity contribution in [1.29, 1.82) is 0 Å². The molecule has 1 aromatic heterocycles. The topological polar surface area (TPSA) is 12.9 Å². The number of halogens is 3. The maximum Gasteiger partial charge on any atom is 0.255 e. The van der Waals surface area contributed by atoms with Gasteiger partial charge in [0, 0.05) is 23.3 Å². The van der Waals surface area contributed by atoms with E-state index in [2.05, 4.69) is 20.9 Å². The third-order valence-corrected chi connectivity index (χ3v) is 2.39. The summed E-state index contributed by atoms with van der Waals surface area (Å²) in [5.41, 5.74) is 0.620. The van der Waals surface area contributed by atoms with Gasteiger partial charge in [-0.2, -0.15) is 0 Å². The van der Waals surface area contributed by atoms with E-state index in [0.29, 0.717) is 5.56 Å². The molecule has 0 amide bonds. The zero-order valence-electron chi connectivity index (χ0n) is 6.10. The Balaban J connectivity index is 2.26. The Morgan fingerprint density at radius 3 is 2.67 bits per heavy atom. The van der Waals surface area contributed by atoms with Crippen LogP contribution in [0.1, 0.15) is 17.9 Å². The lowest BCUT2D eigenvalue weighted by molar-refractivity contribution is 0.112. The third-order valence-electron chi connectivity index (χ3n) is 1.95. The molecule has 1 fully saturated rings. The van der Waals surface area contributed by atoms with Crippen molar-refractivity contribution in [2.24, 2.45) is 0 Å². The lowest BCUT2D eigenvalue weighted by Gasteiger charge is -1.98. The van der Waals surface area contributed by atoms with Crippen LogP contribution >= 0.6 is 15.9 Å². The zero-order valence-corrected chi connectivity index (χ0v) is 7.68. The molecule has 1 aromatic rings. The molecule has 0 aliphatic heterocycles. The van der Waals surface area contributed by atoms with E-state index in [1.807, 2.05) is 0 Å². The number of pyridine rings is 1. The van der Waals surface area contributed by atoms with Crippen molar-refractivity contribution >= 4 is 15.9 Å². The molecule has 0 N–H and O–H groups in total. The van der Waals surface area contributed by atoms with Crippen molar-refractivity contribution in [3.8, 4) is 0 Å². The van der Waals surface area contributed by atoms with Crippen LogP contribution in [-0.2, 0) is 0 Å². The van der Waals surface area contributed by atoms with Gasteiger partial charge in [0.2, 0.25) is 0 Å². The van der Waals surface area contributed by atoms with Crippen LogP contribution < -0.4 is 0 Å².